The zero-order valence-electron chi connectivity index (χ0n) is 13.6. The third-order valence-corrected chi connectivity index (χ3v) is 3.21. The van der Waals surface area contributed by atoms with Gasteiger partial charge in [-0.1, -0.05) is 25.1 Å². The van der Waals surface area contributed by atoms with Crippen LogP contribution in [-0.2, 0) is 0 Å². The third-order valence-electron chi connectivity index (χ3n) is 3.21. The first kappa shape index (κ1) is 17.2. The van der Waals surface area contributed by atoms with Crippen LogP contribution in [0.4, 0.5) is 17.3 Å². The highest BCUT2D eigenvalue weighted by atomic mass is 16.5. The lowest BCUT2D eigenvalue weighted by Crippen LogP contribution is -2.14. The van der Waals surface area contributed by atoms with E-state index >= 15 is 0 Å². The smallest absolute Gasteiger partial charge is 0.185 e. The van der Waals surface area contributed by atoms with E-state index in [0.717, 1.165) is 12.2 Å². The van der Waals surface area contributed by atoms with E-state index in [0.29, 0.717) is 19.0 Å². The predicted molar refractivity (Wildman–Crippen MR) is 94.0 cm³/mol. The number of benzene rings is 1. The molecular formula is C17H21N5O2. The number of anilines is 3. The second-order valence-electron chi connectivity index (χ2n) is 5.01. The molecule has 0 amide bonds. The molecule has 7 nitrogen and oxygen atoms in total. The summed E-state index contributed by atoms with van der Waals surface area (Å²) in [5, 5.41) is 12.3. The number of nitrogens with one attached hydrogen (secondary N) is 1. The largest absolute Gasteiger partial charge is 0.490 e. The average molecular weight is 327 g/mol. The first-order chi connectivity index (χ1) is 11.7. The summed E-state index contributed by atoms with van der Waals surface area (Å²) < 4.78 is 11.1. The van der Waals surface area contributed by atoms with Crippen LogP contribution in [0.25, 0.3) is 0 Å². The molecule has 0 radical (unpaired) electrons. The van der Waals surface area contributed by atoms with Crippen LogP contribution in [0.2, 0.25) is 0 Å². The monoisotopic (exact) mass is 327 g/mol. The number of nitrogens with two attached hydrogens (primary N) is 2. The Morgan fingerprint density at radius 3 is 2.54 bits per heavy atom. The van der Waals surface area contributed by atoms with Crippen molar-refractivity contribution in [1.29, 1.82) is 5.26 Å². The van der Waals surface area contributed by atoms with E-state index < -0.39 is 0 Å². The van der Waals surface area contributed by atoms with Crippen LogP contribution in [-0.4, -0.2) is 24.7 Å². The highest BCUT2D eigenvalue weighted by molar-refractivity contribution is 5.77. The molecule has 7 heteroatoms. The topological polar surface area (TPSA) is 119 Å². The lowest BCUT2D eigenvalue weighted by Gasteiger charge is -2.15. The summed E-state index contributed by atoms with van der Waals surface area (Å²) in [6.07, 6.45) is 0.890. The minimum Gasteiger partial charge on any atom is -0.490 e. The van der Waals surface area contributed by atoms with Crippen molar-refractivity contribution >= 4 is 17.3 Å². The van der Waals surface area contributed by atoms with Crippen molar-refractivity contribution in [3.8, 4) is 17.6 Å². The lowest BCUT2D eigenvalue weighted by atomic mass is 10.2. The number of para-hydroxylation sites is 1. The molecule has 1 heterocycles. The molecule has 0 fully saturated rings. The highest BCUT2D eigenvalue weighted by Gasteiger charge is 2.17. The Bertz CT molecular complexity index is 713. The third kappa shape index (κ3) is 4.20. The Balaban J connectivity index is 2.03. The molecule has 0 unspecified atom stereocenters. The van der Waals surface area contributed by atoms with Crippen LogP contribution in [0.1, 0.15) is 18.9 Å². The number of ether oxygens (including phenoxy) is 2. The maximum atomic E-state index is 9.30. The van der Waals surface area contributed by atoms with Crippen LogP contribution in [0.5, 0.6) is 11.5 Å². The van der Waals surface area contributed by atoms with E-state index in [-0.39, 0.29) is 29.4 Å². The molecule has 5 N–H and O–H groups in total. The van der Waals surface area contributed by atoms with E-state index in [1.807, 2.05) is 43.3 Å². The second kappa shape index (κ2) is 8.48. The summed E-state index contributed by atoms with van der Waals surface area (Å²) in [5.74, 6) is 1.48. The van der Waals surface area contributed by atoms with Gasteiger partial charge in [-0.3, -0.25) is 0 Å². The molecule has 0 saturated carbocycles. The molecule has 2 aromatic rings. The van der Waals surface area contributed by atoms with Crippen molar-refractivity contribution in [2.75, 3.05) is 36.5 Å². The van der Waals surface area contributed by atoms with Crippen molar-refractivity contribution in [2.24, 2.45) is 0 Å². The van der Waals surface area contributed by atoms with Crippen molar-refractivity contribution in [3.63, 3.8) is 0 Å². The van der Waals surface area contributed by atoms with Crippen molar-refractivity contribution in [1.82, 2.24) is 4.98 Å². The van der Waals surface area contributed by atoms with E-state index in [9.17, 15) is 5.26 Å². The first-order valence-corrected chi connectivity index (χ1v) is 7.71. The SMILES string of the molecule is CCCNc1nc(N)c(OCCOc2ccccc2)c(N)c1C#N. The van der Waals surface area contributed by atoms with Crippen LogP contribution >= 0.6 is 0 Å². The zero-order chi connectivity index (χ0) is 17.4. The van der Waals surface area contributed by atoms with Crippen molar-refractivity contribution < 1.29 is 9.47 Å². The summed E-state index contributed by atoms with van der Waals surface area (Å²) in [7, 11) is 0. The van der Waals surface area contributed by atoms with Crippen molar-refractivity contribution in [3.05, 3.63) is 35.9 Å². The number of nitrogens with zero attached hydrogens (tertiary/aromatic N) is 2. The number of pyridine rings is 1. The van der Waals surface area contributed by atoms with Crippen LogP contribution in [0.15, 0.2) is 30.3 Å². The normalized spacial score (nSPS) is 10.0. The van der Waals surface area contributed by atoms with Gasteiger partial charge >= 0.3 is 0 Å². The summed E-state index contributed by atoms with van der Waals surface area (Å²) in [5.41, 5.74) is 12.3. The summed E-state index contributed by atoms with van der Waals surface area (Å²) in [6, 6.07) is 11.4. The Labute approximate surface area is 141 Å². The fourth-order valence-electron chi connectivity index (χ4n) is 2.06. The van der Waals surface area contributed by atoms with Gasteiger partial charge in [0, 0.05) is 6.54 Å². The van der Waals surface area contributed by atoms with Gasteiger partial charge in [-0.2, -0.15) is 5.26 Å². The van der Waals surface area contributed by atoms with E-state index in [2.05, 4.69) is 10.3 Å². The molecule has 1 aromatic carbocycles. The van der Waals surface area contributed by atoms with E-state index in [1.54, 1.807) is 0 Å². The number of hydrogen-bond donors (Lipinski definition) is 3. The molecule has 0 aliphatic rings. The molecule has 0 bridgehead atoms. The van der Waals surface area contributed by atoms with Gasteiger partial charge in [0.15, 0.2) is 11.6 Å². The zero-order valence-corrected chi connectivity index (χ0v) is 13.6. The Morgan fingerprint density at radius 2 is 1.88 bits per heavy atom. The van der Waals surface area contributed by atoms with E-state index in [1.165, 1.54) is 0 Å². The number of rotatable bonds is 8. The molecule has 2 rings (SSSR count). The molecule has 24 heavy (non-hydrogen) atoms. The Hall–Kier alpha value is -3.14. The number of nitriles is 1. The standard InChI is InChI=1S/C17H21N5O2/c1-2-8-21-17-13(11-18)14(19)15(16(20)22-17)24-10-9-23-12-6-4-3-5-7-12/h3-7H,2,8-10H2,1H3,(H5,19,20,21,22). The van der Waals surface area contributed by atoms with Gasteiger partial charge in [0.2, 0.25) is 0 Å². The molecule has 0 aliphatic carbocycles. The van der Waals surface area contributed by atoms with Gasteiger partial charge in [0.1, 0.15) is 36.4 Å². The highest BCUT2D eigenvalue weighted by Crippen LogP contribution is 2.34. The Kier molecular flexibility index (Phi) is 6.08. The van der Waals surface area contributed by atoms with Gasteiger partial charge in [-0.25, -0.2) is 4.98 Å². The lowest BCUT2D eigenvalue weighted by molar-refractivity contribution is 0.218. The molecular weight excluding hydrogens is 306 g/mol. The minimum atomic E-state index is 0.143. The van der Waals surface area contributed by atoms with Gasteiger partial charge in [-0.05, 0) is 18.6 Å². The summed E-state index contributed by atoms with van der Waals surface area (Å²) >= 11 is 0. The van der Waals surface area contributed by atoms with Crippen LogP contribution in [0.3, 0.4) is 0 Å². The molecule has 1 aromatic heterocycles. The van der Waals surface area contributed by atoms with Crippen molar-refractivity contribution in [2.45, 2.75) is 13.3 Å². The fraction of sp³-hybridized carbons (Fsp3) is 0.294. The molecule has 0 saturated heterocycles. The number of hydrogen-bond acceptors (Lipinski definition) is 7. The van der Waals surface area contributed by atoms with Gasteiger partial charge in [-0.15, -0.1) is 0 Å². The quantitative estimate of drug-likeness (QED) is 0.637. The maximum absolute atomic E-state index is 9.30. The maximum Gasteiger partial charge on any atom is 0.185 e. The van der Waals surface area contributed by atoms with Crippen LogP contribution < -0.4 is 26.3 Å². The number of nitrogen functional groups attached to an aromatic ring is 2. The average Bonchev–Trinajstić information content (AvgIpc) is 2.60. The first-order valence-electron chi connectivity index (χ1n) is 7.71. The second-order valence-corrected chi connectivity index (χ2v) is 5.01. The van der Waals surface area contributed by atoms with Gasteiger partial charge < -0.3 is 26.3 Å². The molecule has 126 valence electrons. The van der Waals surface area contributed by atoms with E-state index in [4.69, 9.17) is 20.9 Å². The summed E-state index contributed by atoms with van der Waals surface area (Å²) in [6.45, 7) is 3.24. The molecule has 0 aliphatic heterocycles. The predicted octanol–water partition coefficient (Wildman–Crippen LogP) is 2.40. The fourth-order valence-corrected chi connectivity index (χ4v) is 2.06. The number of aromatic nitrogens is 1. The van der Waals surface area contributed by atoms with Crippen LogP contribution in [0, 0.1) is 11.3 Å². The summed E-state index contributed by atoms with van der Waals surface area (Å²) in [4.78, 5) is 4.18. The molecule has 0 atom stereocenters. The molecule has 0 spiro atoms. The minimum absolute atomic E-state index is 0.143. The van der Waals surface area contributed by atoms with Gasteiger partial charge in [0.05, 0.1) is 5.69 Å². The van der Waals surface area contributed by atoms with Gasteiger partial charge in [0.25, 0.3) is 0 Å². The Morgan fingerprint density at radius 1 is 1.17 bits per heavy atom.